The molecule has 15 aromatic rings. The molecule has 0 saturated heterocycles. The molecule has 25 rings (SSSR count). The molecule has 8 bridgehead atoms. The minimum atomic E-state index is 0. The van der Waals surface area contributed by atoms with Gasteiger partial charge in [0.2, 0.25) is 0 Å². The molecule has 0 aromatic heterocycles. The summed E-state index contributed by atoms with van der Waals surface area (Å²) in [5.41, 5.74) is 31.0. The SMILES string of the molecule is C.C.c1ccc(-c2ccc(-c3ccc(-c4c5ccccc5c(-c5cccc6c5-c5ccccc5C65C6CC7CC(C6)CC5C7)c5ccccc45)cc3)cc2)cc1.c1ccc(-c2cccc(-c3c4ccccc4c(-c4cccc5c4-c4ccccc4C54C5CC6CC(C5)CC4C6)c4ccccc34)c2)cc1. The monoisotopic (exact) mass is 1340 g/mol. The van der Waals surface area contributed by atoms with Gasteiger partial charge in [0.05, 0.1) is 0 Å². The van der Waals surface area contributed by atoms with Gasteiger partial charge in [0.25, 0.3) is 0 Å². The number of fused-ring (bicyclic) bond motifs is 10. The molecular weight excluding hydrogens is 1250 g/mol. The van der Waals surface area contributed by atoms with Crippen LogP contribution in [-0.2, 0) is 10.8 Å². The lowest BCUT2D eigenvalue weighted by Crippen LogP contribution is -2.55. The molecule has 0 heterocycles. The van der Waals surface area contributed by atoms with E-state index in [2.05, 4.69) is 315 Å². The zero-order chi connectivity index (χ0) is 66.8. The summed E-state index contributed by atoms with van der Waals surface area (Å²) in [6, 6.07) is 119. The quantitative estimate of drug-likeness (QED) is 0.140. The number of hydrogen-bond acceptors (Lipinski definition) is 0. The molecule has 15 aromatic carbocycles. The normalized spacial score (nSPS) is 23.5. The van der Waals surface area contributed by atoms with Crippen molar-refractivity contribution in [3.05, 3.63) is 338 Å². The Kier molecular flexibility index (Phi) is 14.9. The first kappa shape index (κ1) is 63.1. The van der Waals surface area contributed by atoms with Crippen LogP contribution in [0.1, 0.15) is 101 Å². The molecule has 104 heavy (non-hydrogen) atoms. The van der Waals surface area contributed by atoms with E-state index in [1.807, 2.05) is 0 Å². The van der Waals surface area contributed by atoms with Gasteiger partial charge in [0.15, 0.2) is 0 Å². The smallest absolute Gasteiger partial charge is 0.0272 e. The summed E-state index contributed by atoms with van der Waals surface area (Å²) in [7, 11) is 0. The number of rotatable bonds is 7. The molecule has 10 aliphatic carbocycles. The summed E-state index contributed by atoms with van der Waals surface area (Å²) in [4.78, 5) is 0. The van der Waals surface area contributed by atoms with E-state index in [9.17, 15) is 0 Å². The van der Waals surface area contributed by atoms with E-state index in [0.717, 1.165) is 47.3 Å². The minimum Gasteiger partial charge on any atom is -0.0776 e. The predicted molar refractivity (Wildman–Crippen MR) is 441 cm³/mol. The summed E-state index contributed by atoms with van der Waals surface area (Å²) >= 11 is 0. The molecule has 0 N–H and O–H groups in total. The molecule has 0 heteroatoms. The lowest BCUT2D eigenvalue weighted by atomic mass is 9.43. The zero-order valence-corrected chi connectivity index (χ0v) is 57.7. The van der Waals surface area contributed by atoms with Crippen LogP contribution in [0.3, 0.4) is 0 Å². The fraction of sp³-hybridized carbons (Fsp3) is 0.212. The molecule has 0 radical (unpaired) electrons. The lowest BCUT2D eigenvalue weighted by molar-refractivity contribution is -0.0399. The van der Waals surface area contributed by atoms with Crippen LogP contribution in [0.25, 0.3) is 143 Å². The highest BCUT2D eigenvalue weighted by Gasteiger charge is 2.63. The van der Waals surface area contributed by atoms with E-state index >= 15 is 0 Å². The van der Waals surface area contributed by atoms with Crippen LogP contribution in [0.2, 0.25) is 0 Å². The van der Waals surface area contributed by atoms with Crippen LogP contribution in [0, 0.1) is 47.3 Å². The average molecular weight is 1340 g/mol. The van der Waals surface area contributed by atoms with Gasteiger partial charge in [0, 0.05) is 10.8 Å². The molecule has 8 fully saturated rings. The third kappa shape index (κ3) is 9.16. The Bertz CT molecular complexity index is 5720. The van der Waals surface area contributed by atoms with Crippen molar-refractivity contribution < 1.29 is 0 Å². The summed E-state index contributed by atoms with van der Waals surface area (Å²) < 4.78 is 0. The fourth-order valence-corrected chi connectivity index (χ4v) is 24.1. The van der Waals surface area contributed by atoms with Crippen LogP contribution >= 0.6 is 0 Å². The largest absolute Gasteiger partial charge is 0.0776 e. The van der Waals surface area contributed by atoms with E-state index in [1.165, 1.54) is 207 Å². The van der Waals surface area contributed by atoms with Crippen molar-refractivity contribution in [3.8, 4) is 100 Å². The van der Waals surface area contributed by atoms with Gasteiger partial charge in [-0.05, 0) is 283 Å². The molecule has 0 amide bonds. The maximum absolute atomic E-state index is 2.54. The van der Waals surface area contributed by atoms with Crippen molar-refractivity contribution in [2.75, 3.05) is 0 Å². The third-order valence-electron chi connectivity index (χ3n) is 27.3. The maximum Gasteiger partial charge on any atom is 0.0272 e. The Morgan fingerprint density at radius 1 is 0.173 bits per heavy atom. The van der Waals surface area contributed by atoms with E-state index in [-0.39, 0.29) is 25.7 Å². The highest BCUT2D eigenvalue weighted by Crippen LogP contribution is 2.72. The Hall–Kier alpha value is -10.7. The predicted octanol–water partition coefficient (Wildman–Crippen LogP) is 28.4. The van der Waals surface area contributed by atoms with Gasteiger partial charge in [-0.25, -0.2) is 0 Å². The molecular formula is C104H88. The van der Waals surface area contributed by atoms with Gasteiger partial charge >= 0.3 is 0 Å². The van der Waals surface area contributed by atoms with Crippen LogP contribution in [0.15, 0.2) is 315 Å². The Morgan fingerprint density at radius 2 is 0.423 bits per heavy atom. The van der Waals surface area contributed by atoms with Gasteiger partial charge in [-0.2, -0.15) is 0 Å². The van der Waals surface area contributed by atoms with Crippen molar-refractivity contribution in [1.29, 1.82) is 0 Å². The zero-order valence-electron chi connectivity index (χ0n) is 57.7. The topological polar surface area (TPSA) is 0 Å². The van der Waals surface area contributed by atoms with E-state index in [1.54, 1.807) is 22.3 Å². The first-order valence-electron chi connectivity index (χ1n) is 38.3. The Morgan fingerprint density at radius 3 is 0.798 bits per heavy atom. The van der Waals surface area contributed by atoms with Crippen LogP contribution in [0.5, 0.6) is 0 Å². The van der Waals surface area contributed by atoms with Crippen LogP contribution < -0.4 is 0 Å². The molecule has 2 spiro atoms. The summed E-state index contributed by atoms with van der Waals surface area (Å²) in [5.74, 6) is 6.80. The number of hydrogen-bond donors (Lipinski definition) is 0. The van der Waals surface area contributed by atoms with Gasteiger partial charge in [-0.3, -0.25) is 0 Å². The second-order valence-electron chi connectivity index (χ2n) is 32.0. The van der Waals surface area contributed by atoms with E-state index in [4.69, 9.17) is 0 Å². The molecule has 8 saturated carbocycles. The van der Waals surface area contributed by atoms with Crippen molar-refractivity contribution in [1.82, 2.24) is 0 Å². The Labute approximate surface area is 614 Å². The van der Waals surface area contributed by atoms with Crippen molar-refractivity contribution in [2.24, 2.45) is 47.3 Å². The van der Waals surface area contributed by atoms with Crippen LogP contribution in [-0.4, -0.2) is 0 Å². The van der Waals surface area contributed by atoms with E-state index in [0.29, 0.717) is 0 Å². The fourth-order valence-electron chi connectivity index (χ4n) is 24.1. The van der Waals surface area contributed by atoms with Gasteiger partial charge < -0.3 is 0 Å². The second kappa shape index (κ2) is 24.5. The summed E-state index contributed by atoms with van der Waals surface area (Å²) in [5, 5.41) is 10.6. The Balaban J connectivity index is 0.000000137. The lowest BCUT2D eigenvalue weighted by Gasteiger charge is -2.61. The standard InChI is InChI=1S/C54H42.C48H38.2CH4/c1-2-11-36(12-3-1)37-21-23-38(24-22-37)39-25-27-40(28-26-39)51-43-13-4-6-15-45(43)52(46-16-7-5-14-44(46)51)48-18-10-20-50-53(48)47-17-8-9-19-49(47)54(50)41-30-34-29-35(32-41)33-42(54)31-34;1-2-12-32(13-3-1)33-14-10-15-34(29-33)45-37-16-4-6-18-39(37)46(40-19-7-5-17-38(40)45)42-21-11-23-44-47(42)41-20-8-9-22-43(41)48(44)35-25-30-24-31(27-35)28-36(48)26-30;;/h1-28,34-35,41-42H,29-33H2;1-23,29-31,35-36H,24-28H2;2*1H4. The van der Waals surface area contributed by atoms with Gasteiger partial charge in [0.1, 0.15) is 0 Å². The van der Waals surface area contributed by atoms with Gasteiger partial charge in [-0.1, -0.05) is 324 Å². The average Bonchev–Trinajstić information content (AvgIpc) is 1.48. The van der Waals surface area contributed by atoms with Crippen molar-refractivity contribution in [2.45, 2.75) is 89.9 Å². The molecule has 0 nitrogen and oxygen atoms in total. The molecule has 0 atom stereocenters. The summed E-state index contributed by atoms with van der Waals surface area (Å²) in [6.07, 6.45) is 14.2. The molecule has 0 unspecified atom stereocenters. The summed E-state index contributed by atoms with van der Waals surface area (Å²) in [6.45, 7) is 0. The van der Waals surface area contributed by atoms with Crippen molar-refractivity contribution >= 4 is 43.1 Å². The third-order valence-corrected chi connectivity index (χ3v) is 27.3. The molecule has 504 valence electrons. The molecule has 10 aliphatic rings. The van der Waals surface area contributed by atoms with Crippen LogP contribution in [0.4, 0.5) is 0 Å². The highest BCUT2D eigenvalue weighted by atomic mass is 14.7. The minimum absolute atomic E-state index is 0. The second-order valence-corrected chi connectivity index (χ2v) is 32.0. The maximum atomic E-state index is 2.54. The molecule has 0 aliphatic heterocycles. The highest BCUT2D eigenvalue weighted by molar-refractivity contribution is 6.24. The first-order valence-corrected chi connectivity index (χ1v) is 38.3. The number of benzene rings is 15. The van der Waals surface area contributed by atoms with Gasteiger partial charge in [-0.15, -0.1) is 0 Å². The first-order chi connectivity index (χ1) is 50.5. The van der Waals surface area contributed by atoms with Crippen molar-refractivity contribution in [3.63, 3.8) is 0 Å². The van der Waals surface area contributed by atoms with E-state index < -0.39 is 0 Å².